The fourth-order valence-electron chi connectivity index (χ4n) is 2.02. The van der Waals surface area contributed by atoms with Crippen LogP contribution >= 0.6 is 0 Å². The smallest absolute Gasteiger partial charge is 0.163 e. The molecule has 98 valence electrons. The number of hydrogen-bond donors (Lipinski definition) is 1. The van der Waals surface area contributed by atoms with Crippen LogP contribution in [0.15, 0.2) is 18.2 Å². The zero-order valence-corrected chi connectivity index (χ0v) is 11.2. The molecule has 2 rings (SSSR count). The molecule has 4 nitrogen and oxygen atoms in total. The Labute approximate surface area is 107 Å². The van der Waals surface area contributed by atoms with E-state index in [1.165, 1.54) is 0 Å². The summed E-state index contributed by atoms with van der Waals surface area (Å²) < 4.78 is 22.7. The average Bonchev–Trinajstić information content (AvgIpc) is 2.83. The molecule has 0 saturated heterocycles. The third-order valence-corrected chi connectivity index (χ3v) is 4.92. The predicted molar refractivity (Wildman–Crippen MR) is 71.9 cm³/mol. The summed E-state index contributed by atoms with van der Waals surface area (Å²) in [5.74, 6) is -0.0618. The molecule has 0 radical (unpaired) electrons. The van der Waals surface area contributed by atoms with Gasteiger partial charge in [-0.15, -0.1) is 0 Å². The first-order chi connectivity index (χ1) is 8.52. The Morgan fingerprint density at radius 1 is 1.39 bits per heavy atom. The van der Waals surface area contributed by atoms with Crippen LogP contribution in [0.1, 0.15) is 29.3 Å². The minimum atomic E-state index is -3.07. The summed E-state index contributed by atoms with van der Waals surface area (Å²) in [5.41, 5.74) is 2.83. The molecule has 5 heteroatoms. The molecule has 0 unspecified atom stereocenters. The lowest BCUT2D eigenvalue weighted by atomic mass is 10.0. The van der Waals surface area contributed by atoms with Crippen LogP contribution in [-0.4, -0.2) is 32.3 Å². The van der Waals surface area contributed by atoms with Crippen molar-refractivity contribution in [3.63, 3.8) is 0 Å². The molecular weight excluding hydrogens is 250 g/mol. The van der Waals surface area contributed by atoms with Gasteiger partial charge in [-0.05, 0) is 30.2 Å². The zero-order chi connectivity index (χ0) is 13.2. The van der Waals surface area contributed by atoms with Crippen LogP contribution in [0.3, 0.4) is 0 Å². The molecule has 0 amide bonds. The van der Waals surface area contributed by atoms with Crippen LogP contribution in [0, 0.1) is 0 Å². The predicted octanol–water partition coefficient (Wildman–Crippen LogP) is 1.66. The van der Waals surface area contributed by atoms with E-state index in [9.17, 15) is 13.2 Å². The number of carbonyl (C=O) groups excluding carboxylic acids is 1. The number of fused-ring (bicyclic) bond motifs is 1. The van der Waals surface area contributed by atoms with Crippen molar-refractivity contribution < 1.29 is 13.2 Å². The van der Waals surface area contributed by atoms with Gasteiger partial charge in [0, 0.05) is 30.0 Å². The number of benzene rings is 1. The molecule has 0 aromatic heterocycles. The third-order valence-electron chi connectivity index (χ3n) is 3.22. The molecular formula is C13H17NO3S. The number of rotatable bonds is 5. The number of nitrogens with one attached hydrogen (secondary N) is 1. The topological polar surface area (TPSA) is 63.2 Å². The van der Waals surface area contributed by atoms with E-state index in [0.29, 0.717) is 5.56 Å². The molecule has 0 aliphatic carbocycles. The maximum Gasteiger partial charge on any atom is 0.163 e. The number of sulfone groups is 1. The van der Waals surface area contributed by atoms with E-state index in [4.69, 9.17) is 0 Å². The number of anilines is 1. The van der Waals surface area contributed by atoms with Gasteiger partial charge in [-0.2, -0.15) is 0 Å². The fourth-order valence-corrected chi connectivity index (χ4v) is 2.80. The molecule has 0 bridgehead atoms. The van der Waals surface area contributed by atoms with E-state index >= 15 is 0 Å². The number of ketones is 1. The molecule has 1 aromatic rings. The molecule has 1 heterocycles. The van der Waals surface area contributed by atoms with Crippen molar-refractivity contribution >= 4 is 21.3 Å². The number of hydrogen-bond acceptors (Lipinski definition) is 4. The Balaban J connectivity index is 2.06. The highest BCUT2D eigenvalue weighted by Crippen LogP contribution is 2.23. The summed E-state index contributed by atoms with van der Waals surface area (Å²) in [6, 6.07) is 5.53. The lowest BCUT2D eigenvalue weighted by Crippen LogP contribution is -2.13. The van der Waals surface area contributed by atoms with Gasteiger partial charge in [-0.3, -0.25) is 4.79 Å². The molecule has 1 aliphatic rings. The lowest BCUT2D eigenvalue weighted by molar-refractivity contribution is 0.0988. The van der Waals surface area contributed by atoms with Crippen molar-refractivity contribution in [2.75, 3.05) is 23.4 Å². The molecule has 0 spiro atoms. The van der Waals surface area contributed by atoms with Crippen LogP contribution in [0.2, 0.25) is 0 Å². The van der Waals surface area contributed by atoms with E-state index in [1.54, 1.807) is 13.0 Å². The van der Waals surface area contributed by atoms with E-state index in [0.717, 1.165) is 24.2 Å². The Hall–Kier alpha value is -1.36. The van der Waals surface area contributed by atoms with Gasteiger partial charge in [0.2, 0.25) is 0 Å². The quantitative estimate of drug-likeness (QED) is 0.824. The van der Waals surface area contributed by atoms with Crippen molar-refractivity contribution in [1.82, 2.24) is 0 Å². The van der Waals surface area contributed by atoms with Gasteiger partial charge < -0.3 is 5.32 Å². The molecule has 0 saturated carbocycles. The Bertz CT molecular complexity index is 564. The zero-order valence-electron chi connectivity index (χ0n) is 10.4. The van der Waals surface area contributed by atoms with Crippen LogP contribution < -0.4 is 5.32 Å². The average molecular weight is 267 g/mol. The first-order valence-corrected chi connectivity index (χ1v) is 7.94. The van der Waals surface area contributed by atoms with Crippen LogP contribution in [-0.2, 0) is 16.3 Å². The minimum absolute atomic E-state index is 0.0579. The van der Waals surface area contributed by atoms with Crippen molar-refractivity contribution in [2.24, 2.45) is 0 Å². The Morgan fingerprint density at radius 3 is 2.89 bits per heavy atom. The monoisotopic (exact) mass is 267 g/mol. The second-order valence-electron chi connectivity index (χ2n) is 4.46. The van der Waals surface area contributed by atoms with E-state index in [1.807, 2.05) is 12.1 Å². The molecule has 18 heavy (non-hydrogen) atoms. The first kappa shape index (κ1) is 13.1. The van der Waals surface area contributed by atoms with E-state index < -0.39 is 9.84 Å². The third kappa shape index (κ3) is 2.90. The van der Waals surface area contributed by atoms with Crippen molar-refractivity contribution in [1.29, 1.82) is 0 Å². The molecule has 0 atom stereocenters. The van der Waals surface area contributed by atoms with Crippen LogP contribution in [0.5, 0.6) is 0 Å². The van der Waals surface area contributed by atoms with Crippen molar-refractivity contribution in [3.05, 3.63) is 29.3 Å². The van der Waals surface area contributed by atoms with Crippen LogP contribution in [0.4, 0.5) is 5.69 Å². The SMILES string of the molecule is CCS(=O)(=O)CCC(=O)c1ccc2c(c1)CCN2. The van der Waals surface area contributed by atoms with Crippen LogP contribution in [0.25, 0.3) is 0 Å². The Kier molecular flexibility index (Phi) is 3.71. The van der Waals surface area contributed by atoms with Crippen molar-refractivity contribution in [2.45, 2.75) is 19.8 Å². The van der Waals surface area contributed by atoms with Crippen molar-refractivity contribution in [3.8, 4) is 0 Å². The normalized spacial score (nSPS) is 14.1. The summed E-state index contributed by atoms with van der Waals surface area (Å²) in [7, 11) is -3.07. The molecule has 1 aromatic carbocycles. The maximum absolute atomic E-state index is 11.9. The largest absolute Gasteiger partial charge is 0.384 e. The maximum atomic E-state index is 11.9. The first-order valence-electron chi connectivity index (χ1n) is 6.12. The van der Waals surface area contributed by atoms with Gasteiger partial charge in [-0.1, -0.05) is 6.92 Å². The highest BCUT2D eigenvalue weighted by Gasteiger charge is 2.15. The number of Topliss-reactive ketones (excluding diaryl/α,β-unsaturated/α-hetero) is 1. The van der Waals surface area contributed by atoms with Gasteiger partial charge in [0.15, 0.2) is 5.78 Å². The second kappa shape index (κ2) is 5.10. The van der Waals surface area contributed by atoms with E-state index in [-0.39, 0.29) is 23.7 Å². The highest BCUT2D eigenvalue weighted by molar-refractivity contribution is 7.91. The highest BCUT2D eigenvalue weighted by atomic mass is 32.2. The lowest BCUT2D eigenvalue weighted by Gasteiger charge is -2.04. The van der Waals surface area contributed by atoms with Gasteiger partial charge in [0.25, 0.3) is 0 Å². The summed E-state index contributed by atoms with van der Waals surface area (Å²) in [4.78, 5) is 11.9. The van der Waals surface area contributed by atoms with Gasteiger partial charge >= 0.3 is 0 Å². The summed E-state index contributed by atoms with van der Waals surface area (Å²) in [5, 5.41) is 3.22. The molecule has 0 fully saturated rings. The summed E-state index contributed by atoms with van der Waals surface area (Å²) in [6.07, 6.45) is 0.992. The summed E-state index contributed by atoms with van der Waals surface area (Å²) >= 11 is 0. The number of carbonyl (C=O) groups is 1. The standard InChI is InChI=1S/C13H17NO3S/c1-2-18(16,17)8-6-13(15)11-3-4-12-10(9-11)5-7-14-12/h3-4,9,14H,2,5-8H2,1H3. The minimum Gasteiger partial charge on any atom is -0.384 e. The molecule has 1 aliphatic heterocycles. The van der Waals surface area contributed by atoms with E-state index in [2.05, 4.69) is 5.32 Å². The van der Waals surface area contributed by atoms with Gasteiger partial charge in [-0.25, -0.2) is 8.42 Å². The van der Waals surface area contributed by atoms with Gasteiger partial charge in [0.1, 0.15) is 9.84 Å². The Morgan fingerprint density at radius 2 is 2.17 bits per heavy atom. The molecule has 1 N–H and O–H groups in total. The van der Waals surface area contributed by atoms with Gasteiger partial charge in [0.05, 0.1) is 5.75 Å². The fraction of sp³-hybridized carbons (Fsp3) is 0.462. The second-order valence-corrected chi connectivity index (χ2v) is 6.93. The summed E-state index contributed by atoms with van der Waals surface area (Å²) in [6.45, 7) is 2.50.